The maximum absolute atomic E-state index is 13.1. The molecular weight excluding hydrogens is 311 g/mol. The number of hydrogen-bond acceptors (Lipinski definition) is 2. The van der Waals surface area contributed by atoms with Crippen LogP contribution in [0.4, 0.5) is 14.0 Å². The number of halogens is 1. The van der Waals surface area contributed by atoms with Crippen LogP contribution in [0, 0.1) is 11.7 Å². The highest BCUT2D eigenvalue weighted by Crippen LogP contribution is 2.19. The molecule has 0 unspecified atom stereocenters. The quantitative estimate of drug-likeness (QED) is 0.881. The van der Waals surface area contributed by atoms with Gasteiger partial charge in [0.1, 0.15) is 5.82 Å². The third kappa shape index (κ3) is 4.15. The number of nitrogens with one attached hydrogen (secondary N) is 2. The van der Waals surface area contributed by atoms with E-state index in [2.05, 4.69) is 10.6 Å². The maximum atomic E-state index is 13.1. The van der Waals surface area contributed by atoms with E-state index in [-0.39, 0.29) is 17.9 Å². The van der Waals surface area contributed by atoms with Crippen LogP contribution in [0.15, 0.2) is 24.3 Å². The lowest BCUT2D eigenvalue weighted by molar-refractivity contribution is 0.155. The zero-order valence-electron chi connectivity index (χ0n) is 13.6. The van der Waals surface area contributed by atoms with E-state index in [9.17, 15) is 14.0 Å². The van der Waals surface area contributed by atoms with E-state index < -0.39 is 0 Å². The minimum atomic E-state index is -0.298. The first-order chi connectivity index (χ1) is 11.6. The lowest BCUT2D eigenvalue weighted by Crippen LogP contribution is -2.46. The van der Waals surface area contributed by atoms with Gasteiger partial charge < -0.3 is 20.4 Å². The van der Waals surface area contributed by atoms with Gasteiger partial charge in [-0.25, -0.2) is 14.0 Å². The first kappa shape index (κ1) is 16.5. The predicted octanol–water partition coefficient (Wildman–Crippen LogP) is 1.77. The molecule has 2 fully saturated rings. The van der Waals surface area contributed by atoms with Crippen molar-refractivity contribution in [2.24, 2.45) is 5.92 Å². The van der Waals surface area contributed by atoms with Crippen molar-refractivity contribution in [2.45, 2.75) is 19.4 Å². The molecular formula is C17H23FN4O2. The lowest BCUT2D eigenvalue weighted by Gasteiger charge is -2.33. The van der Waals surface area contributed by atoms with Gasteiger partial charge in [-0.05, 0) is 36.5 Å². The topological polar surface area (TPSA) is 64.7 Å². The molecule has 0 spiro atoms. The molecule has 2 heterocycles. The van der Waals surface area contributed by atoms with Crippen molar-refractivity contribution in [3.05, 3.63) is 35.6 Å². The summed E-state index contributed by atoms with van der Waals surface area (Å²) < 4.78 is 13.1. The van der Waals surface area contributed by atoms with E-state index in [1.807, 2.05) is 4.90 Å². The van der Waals surface area contributed by atoms with Crippen LogP contribution >= 0.6 is 0 Å². The summed E-state index contributed by atoms with van der Waals surface area (Å²) in [6.07, 6.45) is 1.80. The van der Waals surface area contributed by atoms with Crippen LogP contribution in [0.1, 0.15) is 18.4 Å². The molecule has 2 aliphatic rings. The Balaban J connectivity index is 1.41. The van der Waals surface area contributed by atoms with Crippen LogP contribution in [-0.2, 0) is 6.54 Å². The number of rotatable bonds is 4. The second-order valence-corrected chi connectivity index (χ2v) is 6.40. The number of carbonyl (C=O) groups is 2. The summed E-state index contributed by atoms with van der Waals surface area (Å²) in [5.41, 5.74) is 0.748. The van der Waals surface area contributed by atoms with Gasteiger partial charge in [0.25, 0.3) is 0 Å². The minimum absolute atomic E-state index is 0.0188. The fourth-order valence-electron chi connectivity index (χ4n) is 3.25. The summed E-state index contributed by atoms with van der Waals surface area (Å²) in [6, 6.07) is 6.14. The molecule has 0 radical (unpaired) electrons. The van der Waals surface area contributed by atoms with E-state index >= 15 is 0 Å². The molecule has 3 rings (SSSR count). The second-order valence-electron chi connectivity index (χ2n) is 6.40. The first-order valence-corrected chi connectivity index (χ1v) is 8.42. The van der Waals surface area contributed by atoms with Crippen LogP contribution in [0.3, 0.4) is 0 Å². The van der Waals surface area contributed by atoms with Crippen molar-refractivity contribution in [3.8, 4) is 0 Å². The van der Waals surface area contributed by atoms with Gasteiger partial charge in [-0.15, -0.1) is 0 Å². The zero-order valence-corrected chi connectivity index (χ0v) is 13.6. The van der Waals surface area contributed by atoms with E-state index in [1.165, 1.54) is 12.1 Å². The number of urea groups is 2. The Morgan fingerprint density at radius 2 is 2.08 bits per heavy atom. The molecule has 2 saturated heterocycles. The molecule has 2 aliphatic heterocycles. The van der Waals surface area contributed by atoms with Crippen molar-refractivity contribution in [3.63, 3.8) is 0 Å². The second kappa shape index (κ2) is 7.51. The van der Waals surface area contributed by atoms with Gasteiger partial charge in [-0.2, -0.15) is 0 Å². The predicted molar refractivity (Wildman–Crippen MR) is 87.9 cm³/mol. The van der Waals surface area contributed by atoms with Crippen molar-refractivity contribution in [1.29, 1.82) is 0 Å². The summed E-state index contributed by atoms with van der Waals surface area (Å²) in [4.78, 5) is 27.4. The summed E-state index contributed by atoms with van der Waals surface area (Å²) in [5.74, 6) is 0.148. The van der Waals surface area contributed by atoms with E-state index in [4.69, 9.17) is 0 Å². The normalized spacial score (nSPS) is 18.6. The molecule has 0 aliphatic carbocycles. The number of benzene rings is 1. The van der Waals surface area contributed by atoms with Crippen LogP contribution < -0.4 is 10.6 Å². The highest BCUT2D eigenvalue weighted by Gasteiger charge is 2.27. The Kier molecular flexibility index (Phi) is 5.17. The maximum Gasteiger partial charge on any atom is 0.317 e. The first-order valence-electron chi connectivity index (χ1n) is 8.42. The third-order valence-electron chi connectivity index (χ3n) is 4.66. The fourth-order valence-corrected chi connectivity index (χ4v) is 3.25. The van der Waals surface area contributed by atoms with Crippen molar-refractivity contribution in [1.82, 2.24) is 20.4 Å². The largest absolute Gasteiger partial charge is 0.336 e. The van der Waals surface area contributed by atoms with E-state index in [1.54, 1.807) is 17.0 Å². The molecule has 7 heteroatoms. The van der Waals surface area contributed by atoms with Gasteiger partial charge in [0.05, 0.1) is 0 Å². The van der Waals surface area contributed by atoms with Crippen LogP contribution in [0.25, 0.3) is 0 Å². The molecule has 24 heavy (non-hydrogen) atoms. The molecule has 2 N–H and O–H groups in total. The average molecular weight is 334 g/mol. The Hall–Kier alpha value is -2.31. The van der Waals surface area contributed by atoms with Gasteiger partial charge in [-0.1, -0.05) is 12.1 Å². The van der Waals surface area contributed by atoms with Gasteiger partial charge in [-0.3, -0.25) is 0 Å². The van der Waals surface area contributed by atoms with Gasteiger partial charge >= 0.3 is 12.1 Å². The standard InChI is InChI=1S/C17H23FN4O2/c18-15-3-1-2-14(10-15)11-20-17(24)21-7-4-13(5-8-21)12-22-9-6-19-16(22)23/h1-3,10,13H,4-9,11-12H2,(H,19,23)(H,20,24). The smallest absolute Gasteiger partial charge is 0.317 e. The Labute approximate surface area is 141 Å². The van der Waals surface area contributed by atoms with Crippen molar-refractivity contribution >= 4 is 12.1 Å². The Morgan fingerprint density at radius 1 is 1.29 bits per heavy atom. The SMILES string of the molecule is O=C(NCc1cccc(F)c1)N1CCC(CN2CCNC2=O)CC1. The van der Waals surface area contributed by atoms with E-state index in [0.29, 0.717) is 25.6 Å². The van der Waals surface area contributed by atoms with Gasteiger partial charge in [0.2, 0.25) is 0 Å². The molecule has 6 nitrogen and oxygen atoms in total. The average Bonchev–Trinajstić information content (AvgIpc) is 2.98. The Bertz CT molecular complexity index is 602. The number of amides is 4. The van der Waals surface area contributed by atoms with Gasteiger partial charge in [0, 0.05) is 39.3 Å². The Morgan fingerprint density at radius 3 is 2.75 bits per heavy atom. The number of piperidine rings is 1. The minimum Gasteiger partial charge on any atom is -0.336 e. The summed E-state index contributed by atoms with van der Waals surface area (Å²) in [7, 11) is 0. The lowest BCUT2D eigenvalue weighted by atomic mass is 9.96. The monoisotopic (exact) mass is 334 g/mol. The van der Waals surface area contributed by atoms with Crippen LogP contribution in [0.5, 0.6) is 0 Å². The van der Waals surface area contributed by atoms with Crippen molar-refractivity contribution in [2.75, 3.05) is 32.7 Å². The molecule has 0 saturated carbocycles. The number of carbonyl (C=O) groups excluding carboxylic acids is 2. The molecule has 130 valence electrons. The molecule has 0 atom stereocenters. The molecule has 4 amide bonds. The number of hydrogen-bond donors (Lipinski definition) is 2. The van der Waals surface area contributed by atoms with Crippen LogP contribution in [0.2, 0.25) is 0 Å². The van der Waals surface area contributed by atoms with Gasteiger partial charge in [0.15, 0.2) is 0 Å². The molecule has 0 aromatic heterocycles. The number of likely N-dealkylation sites (tertiary alicyclic amines) is 1. The van der Waals surface area contributed by atoms with E-state index in [0.717, 1.165) is 38.0 Å². The molecule has 0 bridgehead atoms. The highest BCUT2D eigenvalue weighted by atomic mass is 19.1. The zero-order chi connectivity index (χ0) is 16.9. The summed E-state index contributed by atoms with van der Waals surface area (Å²) in [5, 5.41) is 5.64. The molecule has 1 aromatic rings. The molecule has 1 aromatic carbocycles. The third-order valence-corrected chi connectivity index (χ3v) is 4.66. The van der Waals surface area contributed by atoms with Crippen molar-refractivity contribution < 1.29 is 14.0 Å². The summed E-state index contributed by atoms with van der Waals surface area (Å²) in [6.45, 7) is 3.96. The number of nitrogens with zero attached hydrogens (tertiary/aromatic N) is 2. The van der Waals surface area contributed by atoms with Crippen LogP contribution in [-0.4, -0.2) is 54.6 Å². The highest BCUT2D eigenvalue weighted by molar-refractivity contribution is 5.76. The fraction of sp³-hybridized carbons (Fsp3) is 0.529. The summed E-state index contributed by atoms with van der Waals surface area (Å²) >= 11 is 0.